The van der Waals surface area contributed by atoms with E-state index < -0.39 is 77.8 Å². The predicted molar refractivity (Wildman–Crippen MR) is 181 cm³/mol. The van der Waals surface area contributed by atoms with Gasteiger partial charge in [0.2, 0.25) is 23.5 Å². The number of Topliss-reactive ketones (excluding diaryl/α,β-unsaturated/α-hetero) is 1. The second-order valence-electron chi connectivity index (χ2n) is 13.9. The molecular weight excluding hydrogens is 634 g/mol. The third kappa shape index (κ3) is 14.3. The Balaban J connectivity index is 2.12. The molecule has 1 aliphatic carbocycles. The predicted octanol–water partition coefficient (Wildman–Crippen LogP) is 2.90. The number of carbonyl (C=O) groups excluding carboxylic acids is 6. The monoisotopic (exact) mass is 687 g/mol. The highest BCUT2D eigenvalue weighted by atomic mass is 16.6. The Morgan fingerprint density at radius 1 is 0.857 bits per heavy atom. The number of alkyl carbamates (subject to hydrolysis) is 1. The molecule has 14 nitrogen and oxygen atoms in total. The Bertz CT molecular complexity index is 1310. The van der Waals surface area contributed by atoms with Crippen LogP contribution >= 0.6 is 0 Å². The van der Waals surface area contributed by atoms with Crippen LogP contribution in [-0.4, -0.2) is 76.9 Å². The second-order valence-corrected chi connectivity index (χ2v) is 13.9. The number of ether oxygens (including phenoxy) is 1. The van der Waals surface area contributed by atoms with E-state index in [1.807, 2.05) is 13.8 Å². The number of amides is 5. The van der Waals surface area contributed by atoms with Crippen LogP contribution in [0.1, 0.15) is 105 Å². The van der Waals surface area contributed by atoms with Crippen molar-refractivity contribution in [1.82, 2.24) is 26.6 Å². The number of rotatable bonds is 17. The standard InChI is InChI=1S/C35H53N5O9/c1-7-14-24(29(42)32(45)36-20-26(41)39-28(33(46)47)23-17-12-9-13-18-23)37-30(43)25(19-21(2)3)38-31(44)27(22-15-10-8-11-16-22)40-34(48)49-35(4,5)6/h9,12-13,17-18,21-22,24-25,27-28H,7-8,10-11,14-16,19-20H2,1-6H3,(H,36,45)(H,37,43)(H,38,44)(H,39,41)(H,40,48)(H,46,47)/t24?,25-,27-,28-/m0/s1. The molecule has 6 N–H and O–H groups in total. The van der Waals surface area contributed by atoms with Gasteiger partial charge in [-0.25, -0.2) is 9.59 Å². The normalized spacial score (nSPS) is 15.9. The minimum absolute atomic E-state index is 0.0457. The lowest BCUT2D eigenvalue weighted by Gasteiger charge is -2.32. The van der Waals surface area contributed by atoms with Crippen LogP contribution in [0.4, 0.5) is 4.79 Å². The number of carboxylic acid groups (broad SMARTS) is 1. The summed E-state index contributed by atoms with van der Waals surface area (Å²) in [6, 6.07) is 3.36. The first-order valence-corrected chi connectivity index (χ1v) is 17.0. The number of aliphatic carboxylic acids is 1. The van der Waals surface area contributed by atoms with Crippen molar-refractivity contribution in [2.75, 3.05) is 6.54 Å². The van der Waals surface area contributed by atoms with Crippen molar-refractivity contribution in [3.05, 3.63) is 35.9 Å². The molecule has 1 aromatic rings. The van der Waals surface area contributed by atoms with Gasteiger partial charge >= 0.3 is 12.1 Å². The summed E-state index contributed by atoms with van der Waals surface area (Å²) in [5, 5.41) is 22.1. The summed E-state index contributed by atoms with van der Waals surface area (Å²) in [4.78, 5) is 90.1. The van der Waals surface area contributed by atoms with Gasteiger partial charge in [-0.2, -0.15) is 0 Å². The lowest BCUT2D eigenvalue weighted by atomic mass is 9.83. The van der Waals surface area contributed by atoms with E-state index in [1.165, 1.54) is 12.1 Å². The molecule has 0 spiro atoms. The SMILES string of the molecule is CCCC(NC(=O)[C@H](CC(C)C)NC(=O)[C@@H](NC(=O)OC(C)(C)C)C1CCCCC1)C(=O)C(=O)NCC(=O)N[C@H](C(=O)O)c1ccccc1. The molecule has 272 valence electrons. The van der Waals surface area contributed by atoms with E-state index in [0.717, 1.165) is 32.1 Å². The number of carboxylic acids is 1. The van der Waals surface area contributed by atoms with E-state index >= 15 is 0 Å². The number of ketones is 1. The van der Waals surface area contributed by atoms with Crippen LogP contribution in [0.2, 0.25) is 0 Å². The number of hydrogen-bond acceptors (Lipinski definition) is 8. The largest absolute Gasteiger partial charge is 0.479 e. The summed E-state index contributed by atoms with van der Waals surface area (Å²) in [6.45, 7) is 9.97. The van der Waals surface area contributed by atoms with Crippen LogP contribution in [0.25, 0.3) is 0 Å². The van der Waals surface area contributed by atoms with Crippen molar-refractivity contribution in [3.8, 4) is 0 Å². The molecule has 1 saturated carbocycles. The van der Waals surface area contributed by atoms with E-state index in [2.05, 4.69) is 26.6 Å². The molecule has 1 aromatic carbocycles. The van der Waals surface area contributed by atoms with E-state index in [9.17, 15) is 38.7 Å². The first-order valence-electron chi connectivity index (χ1n) is 17.0. The van der Waals surface area contributed by atoms with Crippen molar-refractivity contribution in [2.45, 2.75) is 123 Å². The van der Waals surface area contributed by atoms with Gasteiger partial charge in [-0.15, -0.1) is 0 Å². The van der Waals surface area contributed by atoms with Crippen LogP contribution in [0, 0.1) is 11.8 Å². The molecule has 49 heavy (non-hydrogen) atoms. The summed E-state index contributed by atoms with van der Waals surface area (Å²) in [5.41, 5.74) is -0.456. The highest BCUT2D eigenvalue weighted by Crippen LogP contribution is 2.27. The van der Waals surface area contributed by atoms with Crippen LogP contribution < -0.4 is 26.6 Å². The fraction of sp³-hybridized carbons (Fsp3) is 0.629. The molecule has 5 amide bonds. The number of nitrogens with one attached hydrogen (secondary N) is 5. The third-order valence-corrected chi connectivity index (χ3v) is 7.94. The zero-order valence-electron chi connectivity index (χ0n) is 29.4. The van der Waals surface area contributed by atoms with Crippen molar-refractivity contribution >= 4 is 41.5 Å². The van der Waals surface area contributed by atoms with Crippen LogP contribution in [-0.2, 0) is 33.5 Å². The first kappa shape index (κ1) is 40.7. The maximum atomic E-state index is 13.7. The topological polar surface area (TPSA) is 209 Å². The lowest BCUT2D eigenvalue weighted by Crippen LogP contribution is -2.58. The molecule has 14 heteroatoms. The van der Waals surface area contributed by atoms with E-state index in [4.69, 9.17) is 4.74 Å². The van der Waals surface area contributed by atoms with Gasteiger partial charge in [0.05, 0.1) is 12.6 Å². The van der Waals surface area contributed by atoms with Gasteiger partial charge in [-0.3, -0.25) is 24.0 Å². The van der Waals surface area contributed by atoms with Gasteiger partial charge in [-0.1, -0.05) is 76.8 Å². The molecule has 1 aliphatic rings. The molecule has 0 saturated heterocycles. The summed E-state index contributed by atoms with van der Waals surface area (Å²) in [5.74, 6) is -5.69. The molecule has 1 fully saturated rings. The Hall–Kier alpha value is -4.49. The Morgan fingerprint density at radius 3 is 2.02 bits per heavy atom. The molecule has 0 aromatic heterocycles. The van der Waals surface area contributed by atoms with Gasteiger partial charge in [0.15, 0.2) is 6.04 Å². The van der Waals surface area contributed by atoms with Gasteiger partial charge in [0.1, 0.15) is 17.7 Å². The smallest absolute Gasteiger partial charge is 0.408 e. The van der Waals surface area contributed by atoms with Crippen molar-refractivity contribution in [1.29, 1.82) is 0 Å². The molecule has 0 heterocycles. The van der Waals surface area contributed by atoms with E-state index in [0.29, 0.717) is 12.0 Å². The van der Waals surface area contributed by atoms with Crippen LogP contribution in [0.5, 0.6) is 0 Å². The fourth-order valence-corrected chi connectivity index (χ4v) is 5.64. The maximum absolute atomic E-state index is 13.7. The summed E-state index contributed by atoms with van der Waals surface area (Å²) in [6.07, 6.45) is 4.27. The van der Waals surface area contributed by atoms with Crippen molar-refractivity contribution in [2.24, 2.45) is 11.8 Å². The second kappa shape index (κ2) is 19.5. The average molecular weight is 688 g/mol. The Kier molecular flexibility index (Phi) is 16.2. The first-order chi connectivity index (χ1) is 23.0. The van der Waals surface area contributed by atoms with Crippen molar-refractivity contribution in [3.63, 3.8) is 0 Å². The molecule has 0 radical (unpaired) electrons. The molecule has 2 rings (SSSR count). The summed E-state index contributed by atoms with van der Waals surface area (Å²) in [7, 11) is 0. The van der Waals surface area contributed by atoms with Crippen LogP contribution in [0.3, 0.4) is 0 Å². The van der Waals surface area contributed by atoms with Gasteiger partial charge in [0.25, 0.3) is 5.91 Å². The highest BCUT2D eigenvalue weighted by molar-refractivity contribution is 6.38. The molecule has 1 unspecified atom stereocenters. The zero-order valence-corrected chi connectivity index (χ0v) is 29.4. The van der Waals surface area contributed by atoms with Crippen LogP contribution in [0.15, 0.2) is 30.3 Å². The maximum Gasteiger partial charge on any atom is 0.408 e. The quantitative estimate of drug-likeness (QED) is 0.133. The minimum Gasteiger partial charge on any atom is -0.479 e. The minimum atomic E-state index is -1.36. The third-order valence-electron chi connectivity index (χ3n) is 7.94. The number of carbonyl (C=O) groups is 7. The number of benzene rings is 1. The molecular formula is C35H53N5O9. The Labute approximate surface area is 288 Å². The average Bonchev–Trinajstić information content (AvgIpc) is 3.03. The van der Waals surface area contributed by atoms with Gasteiger partial charge in [0, 0.05) is 0 Å². The lowest BCUT2D eigenvalue weighted by molar-refractivity contribution is -0.142. The van der Waals surface area contributed by atoms with Crippen molar-refractivity contribution < 1.29 is 43.4 Å². The van der Waals surface area contributed by atoms with E-state index in [-0.39, 0.29) is 24.7 Å². The molecule has 4 atom stereocenters. The molecule has 0 aliphatic heterocycles. The zero-order chi connectivity index (χ0) is 36.7. The number of hydrogen-bond donors (Lipinski definition) is 6. The summed E-state index contributed by atoms with van der Waals surface area (Å²) < 4.78 is 5.40. The fourth-order valence-electron chi connectivity index (χ4n) is 5.64. The van der Waals surface area contributed by atoms with E-state index in [1.54, 1.807) is 45.9 Å². The Morgan fingerprint density at radius 2 is 1.47 bits per heavy atom. The van der Waals surface area contributed by atoms with Gasteiger partial charge < -0.3 is 36.4 Å². The summed E-state index contributed by atoms with van der Waals surface area (Å²) >= 11 is 0. The van der Waals surface area contributed by atoms with Gasteiger partial charge in [-0.05, 0) is 63.9 Å². The molecule has 0 bridgehead atoms. The highest BCUT2D eigenvalue weighted by Gasteiger charge is 2.36.